The molecule has 0 radical (unpaired) electrons. The number of aromatic nitrogens is 2. The molecule has 154 valence electrons. The van der Waals surface area contributed by atoms with Gasteiger partial charge in [-0.2, -0.15) is 0 Å². The minimum Gasteiger partial charge on any atom is -0.466 e. The molecule has 6 nitrogen and oxygen atoms in total. The topological polar surface area (TPSA) is 76.4 Å². The molecule has 2 aromatic carbocycles. The largest absolute Gasteiger partial charge is 0.466 e. The van der Waals surface area contributed by atoms with Crippen LogP contribution in [0.2, 0.25) is 0 Å². The van der Waals surface area contributed by atoms with Gasteiger partial charge in [-0.3, -0.25) is 9.36 Å². The molecule has 0 bridgehead atoms. The Morgan fingerprint density at radius 2 is 1.90 bits per heavy atom. The van der Waals surface area contributed by atoms with E-state index in [9.17, 15) is 9.59 Å². The Balaban J connectivity index is 1.76. The van der Waals surface area contributed by atoms with Gasteiger partial charge in [0.15, 0.2) is 4.80 Å². The van der Waals surface area contributed by atoms with Crippen LogP contribution in [0.5, 0.6) is 0 Å². The second-order valence-electron chi connectivity index (χ2n) is 7.27. The van der Waals surface area contributed by atoms with Crippen LogP contribution in [0, 0.1) is 0 Å². The highest BCUT2D eigenvalue weighted by Gasteiger charge is 2.32. The number of thiazole rings is 1. The van der Waals surface area contributed by atoms with Crippen LogP contribution in [0.4, 0.5) is 0 Å². The van der Waals surface area contributed by atoms with E-state index in [4.69, 9.17) is 4.74 Å². The molecule has 1 atom stereocenters. The summed E-state index contributed by atoms with van der Waals surface area (Å²) in [7, 11) is 1.34. The zero-order valence-electron chi connectivity index (χ0n) is 17.0. The minimum absolute atomic E-state index is 0.184. The quantitative estimate of drug-likeness (QED) is 0.509. The summed E-state index contributed by atoms with van der Waals surface area (Å²) in [5.74, 6) is -0.485. The Morgan fingerprint density at radius 1 is 1.16 bits per heavy atom. The van der Waals surface area contributed by atoms with Crippen LogP contribution < -0.4 is 14.9 Å². The number of hydrogen-bond acceptors (Lipinski definition) is 5. The van der Waals surface area contributed by atoms with Crippen LogP contribution in [-0.2, 0) is 9.53 Å². The van der Waals surface area contributed by atoms with E-state index in [2.05, 4.69) is 9.98 Å². The predicted molar refractivity (Wildman–Crippen MR) is 121 cm³/mol. The van der Waals surface area contributed by atoms with Crippen molar-refractivity contribution in [2.45, 2.75) is 13.0 Å². The van der Waals surface area contributed by atoms with E-state index < -0.39 is 12.0 Å². The Labute approximate surface area is 181 Å². The number of carbonyl (C=O) groups is 1. The van der Waals surface area contributed by atoms with Gasteiger partial charge in [0.1, 0.15) is 0 Å². The molecule has 0 unspecified atom stereocenters. The summed E-state index contributed by atoms with van der Waals surface area (Å²) in [5.41, 5.74) is 3.52. The lowest BCUT2D eigenvalue weighted by molar-refractivity contribution is -0.136. The third-order valence-corrected chi connectivity index (χ3v) is 6.43. The van der Waals surface area contributed by atoms with Gasteiger partial charge in [-0.25, -0.2) is 9.79 Å². The first-order valence-corrected chi connectivity index (χ1v) is 10.6. The summed E-state index contributed by atoms with van der Waals surface area (Å²) in [4.78, 5) is 34.5. The number of H-pyrrole nitrogens is 1. The van der Waals surface area contributed by atoms with E-state index in [1.54, 1.807) is 11.5 Å². The Bertz CT molecular complexity index is 1520. The maximum atomic E-state index is 13.5. The molecule has 4 aromatic rings. The van der Waals surface area contributed by atoms with Gasteiger partial charge < -0.3 is 9.72 Å². The van der Waals surface area contributed by atoms with Crippen LogP contribution in [0.3, 0.4) is 0 Å². The van der Waals surface area contributed by atoms with E-state index >= 15 is 0 Å². The molecule has 7 heteroatoms. The average molecular weight is 430 g/mol. The van der Waals surface area contributed by atoms with E-state index in [0.29, 0.717) is 20.6 Å². The number of para-hydroxylation sites is 1. The molecule has 31 heavy (non-hydrogen) atoms. The highest BCUT2D eigenvalue weighted by molar-refractivity contribution is 7.07. The van der Waals surface area contributed by atoms with Crippen molar-refractivity contribution >= 4 is 34.3 Å². The zero-order chi connectivity index (χ0) is 21.5. The van der Waals surface area contributed by atoms with Crippen molar-refractivity contribution in [1.82, 2.24) is 9.55 Å². The van der Waals surface area contributed by atoms with Gasteiger partial charge in [0.05, 0.1) is 29.0 Å². The number of allylic oxidation sites excluding steroid dienone is 1. The van der Waals surface area contributed by atoms with Crippen molar-refractivity contribution in [3.05, 3.63) is 103 Å². The van der Waals surface area contributed by atoms with Crippen molar-refractivity contribution in [3.8, 4) is 0 Å². The van der Waals surface area contributed by atoms with Crippen molar-refractivity contribution in [3.63, 3.8) is 0 Å². The van der Waals surface area contributed by atoms with Crippen molar-refractivity contribution in [1.29, 1.82) is 0 Å². The molecule has 5 rings (SSSR count). The lowest BCUT2D eigenvalue weighted by atomic mass is 9.96. The molecule has 0 saturated heterocycles. The van der Waals surface area contributed by atoms with Crippen LogP contribution in [0.1, 0.15) is 24.1 Å². The number of nitrogens with zero attached hydrogens (tertiary/aromatic N) is 2. The van der Waals surface area contributed by atoms with Gasteiger partial charge in [0.25, 0.3) is 5.56 Å². The Kier molecular flexibility index (Phi) is 4.67. The molecule has 1 aliphatic heterocycles. The van der Waals surface area contributed by atoms with Gasteiger partial charge >= 0.3 is 5.97 Å². The number of esters is 1. The summed E-state index contributed by atoms with van der Waals surface area (Å²) in [6.07, 6.45) is 3.77. The van der Waals surface area contributed by atoms with E-state index in [0.717, 1.165) is 22.0 Å². The SMILES string of the molecule is COC(=O)C1=C(C)N=c2s/c(=C\c3c[nH]c4ccccc34)c(=O)n2[C@H]1c1ccccc1. The normalized spacial score (nSPS) is 16.3. The number of benzene rings is 2. The lowest BCUT2D eigenvalue weighted by Gasteiger charge is -2.24. The highest BCUT2D eigenvalue weighted by Crippen LogP contribution is 2.30. The Morgan fingerprint density at radius 3 is 2.68 bits per heavy atom. The van der Waals surface area contributed by atoms with Gasteiger partial charge in [0.2, 0.25) is 0 Å². The van der Waals surface area contributed by atoms with E-state index in [1.165, 1.54) is 18.4 Å². The fourth-order valence-corrected chi connectivity index (χ4v) is 5.04. The minimum atomic E-state index is -0.588. The zero-order valence-corrected chi connectivity index (χ0v) is 17.8. The van der Waals surface area contributed by atoms with Crippen LogP contribution in [0.15, 0.2) is 81.9 Å². The maximum absolute atomic E-state index is 13.5. The van der Waals surface area contributed by atoms with E-state index in [-0.39, 0.29) is 5.56 Å². The molecule has 0 amide bonds. The van der Waals surface area contributed by atoms with E-state index in [1.807, 2.05) is 66.9 Å². The van der Waals surface area contributed by atoms with Crippen molar-refractivity contribution in [2.24, 2.45) is 4.99 Å². The third-order valence-electron chi connectivity index (χ3n) is 5.45. The molecule has 0 fully saturated rings. The number of aromatic amines is 1. The van der Waals surface area contributed by atoms with Crippen LogP contribution >= 0.6 is 11.3 Å². The molecular formula is C24H19N3O3S. The molecule has 1 aliphatic rings. The molecule has 0 saturated carbocycles. The maximum Gasteiger partial charge on any atom is 0.338 e. The molecule has 1 N–H and O–H groups in total. The second kappa shape index (κ2) is 7.52. The van der Waals surface area contributed by atoms with Gasteiger partial charge in [-0.15, -0.1) is 0 Å². The fourth-order valence-electron chi connectivity index (χ4n) is 4.00. The molecular weight excluding hydrogens is 410 g/mol. The first-order valence-electron chi connectivity index (χ1n) is 9.80. The summed E-state index contributed by atoms with van der Waals surface area (Å²) in [6, 6.07) is 16.9. The number of carbonyl (C=O) groups excluding carboxylic acids is 1. The molecule has 2 aromatic heterocycles. The summed E-state index contributed by atoms with van der Waals surface area (Å²) < 4.78 is 7.18. The predicted octanol–water partition coefficient (Wildman–Crippen LogP) is 2.89. The number of rotatable bonds is 3. The monoisotopic (exact) mass is 429 g/mol. The van der Waals surface area contributed by atoms with Gasteiger partial charge in [0, 0.05) is 22.7 Å². The molecule has 0 aliphatic carbocycles. The second-order valence-corrected chi connectivity index (χ2v) is 8.28. The fraction of sp³-hybridized carbons (Fsp3) is 0.125. The first-order chi connectivity index (χ1) is 15.1. The number of nitrogens with one attached hydrogen (secondary N) is 1. The third kappa shape index (κ3) is 3.14. The number of hydrogen-bond donors (Lipinski definition) is 1. The Hall–Kier alpha value is -3.71. The summed E-state index contributed by atoms with van der Waals surface area (Å²) in [6.45, 7) is 1.78. The highest BCUT2D eigenvalue weighted by atomic mass is 32.1. The van der Waals surface area contributed by atoms with Crippen LogP contribution in [-0.4, -0.2) is 22.6 Å². The average Bonchev–Trinajstić information content (AvgIpc) is 3.34. The standard InChI is InChI=1S/C24H19N3O3S/c1-14-20(23(29)30-2)21(15-8-4-3-5-9-15)27-22(28)19(31-24(27)26-14)12-16-13-25-18-11-7-6-10-17(16)18/h3-13,21,25H,1-2H3/b19-12-/t21-/m0/s1. The van der Waals surface area contributed by atoms with Crippen molar-refractivity contribution in [2.75, 3.05) is 7.11 Å². The van der Waals surface area contributed by atoms with Gasteiger partial charge in [-0.05, 0) is 24.6 Å². The number of fused-ring (bicyclic) bond motifs is 2. The first kappa shape index (κ1) is 19.3. The number of ether oxygens (including phenoxy) is 1. The lowest BCUT2D eigenvalue weighted by Crippen LogP contribution is -2.39. The number of methoxy groups -OCH3 is 1. The summed E-state index contributed by atoms with van der Waals surface area (Å²) in [5, 5.41) is 1.04. The molecule has 3 heterocycles. The molecule has 0 spiro atoms. The van der Waals surface area contributed by atoms with Crippen LogP contribution in [0.25, 0.3) is 17.0 Å². The smallest absolute Gasteiger partial charge is 0.338 e. The summed E-state index contributed by atoms with van der Waals surface area (Å²) >= 11 is 1.32. The van der Waals surface area contributed by atoms with Crippen molar-refractivity contribution < 1.29 is 9.53 Å². The van der Waals surface area contributed by atoms with Gasteiger partial charge in [-0.1, -0.05) is 59.9 Å².